The van der Waals surface area contributed by atoms with Gasteiger partial charge in [0.2, 0.25) is 0 Å². The molecule has 0 aliphatic carbocycles. The lowest BCUT2D eigenvalue weighted by molar-refractivity contribution is -0.142. The number of aromatic nitrogens is 2. The van der Waals surface area contributed by atoms with E-state index in [9.17, 15) is 9.59 Å². The normalized spacial score (nSPS) is 10.2. The fraction of sp³-hybridized carbons (Fsp3) is 0.545. The molecule has 0 saturated carbocycles. The van der Waals surface area contributed by atoms with Gasteiger partial charge in [-0.1, -0.05) is 0 Å². The molecule has 0 aliphatic rings. The second-order valence-electron chi connectivity index (χ2n) is 3.86. The summed E-state index contributed by atoms with van der Waals surface area (Å²) in [6.07, 6.45) is 2.50. The largest absolute Gasteiger partial charge is 0.480 e. The Morgan fingerprint density at radius 2 is 2.16 bits per heavy atom. The Morgan fingerprint density at radius 1 is 1.42 bits per heavy atom. The van der Waals surface area contributed by atoms with Gasteiger partial charge in [0.05, 0.1) is 12.3 Å². The second-order valence-corrected chi connectivity index (χ2v) is 3.86. The quantitative estimate of drug-likeness (QED) is 0.545. The van der Waals surface area contributed by atoms with Crippen LogP contribution in [0.2, 0.25) is 0 Å². The number of ether oxygens (including phenoxy) is 1. The average Bonchev–Trinajstić information content (AvgIpc) is 2.74. The summed E-state index contributed by atoms with van der Waals surface area (Å²) in [5, 5.41) is 17.7. The molecule has 3 N–H and O–H groups in total. The SMILES string of the molecule is Cn1ccc(CCNC(=O)NCCOCC(=O)O)n1. The number of rotatable bonds is 8. The topological polar surface area (TPSA) is 105 Å². The third-order valence-electron chi connectivity index (χ3n) is 2.19. The highest BCUT2D eigenvalue weighted by Gasteiger charge is 2.01. The zero-order valence-corrected chi connectivity index (χ0v) is 10.8. The lowest BCUT2D eigenvalue weighted by Crippen LogP contribution is -2.38. The van der Waals surface area contributed by atoms with E-state index < -0.39 is 5.97 Å². The van der Waals surface area contributed by atoms with E-state index in [1.165, 1.54) is 0 Å². The summed E-state index contributed by atoms with van der Waals surface area (Å²) in [5.41, 5.74) is 0.910. The van der Waals surface area contributed by atoms with Crippen molar-refractivity contribution >= 4 is 12.0 Å². The Labute approximate surface area is 110 Å². The monoisotopic (exact) mass is 270 g/mol. The van der Waals surface area contributed by atoms with Crippen molar-refractivity contribution in [3.05, 3.63) is 18.0 Å². The molecule has 8 nitrogen and oxygen atoms in total. The number of urea groups is 1. The van der Waals surface area contributed by atoms with Gasteiger partial charge in [0.1, 0.15) is 6.61 Å². The molecular weight excluding hydrogens is 252 g/mol. The molecule has 0 spiro atoms. The zero-order chi connectivity index (χ0) is 14.1. The van der Waals surface area contributed by atoms with Crippen molar-refractivity contribution in [2.45, 2.75) is 6.42 Å². The minimum Gasteiger partial charge on any atom is -0.480 e. The Hall–Kier alpha value is -2.09. The number of carboxylic acid groups (broad SMARTS) is 1. The second kappa shape index (κ2) is 8.09. The van der Waals surface area contributed by atoms with Gasteiger partial charge < -0.3 is 20.5 Å². The third-order valence-corrected chi connectivity index (χ3v) is 2.19. The number of amides is 2. The summed E-state index contributed by atoms with van der Waals surface area (Å²) in [7, 11) is 1.83. The van der Waals surface area contributed by atoms with Crippen molar-refractivity contribution in [3.8, 4) is 0 Å². The van der Waals surface area contributed by atoms with Gasteiger partial charge in [-0.05, 0) is 6.07 Å². The molecule has 0 aliphatic heterocycles. The van der Waals surface area contributed by atoms with Crippen LogP contribution in [-0.2, 0) is 23.0 Å². The first-order valence-electron chi connectivity index (χ1n) is 5.87. The van der Waals surface area contributed by atoms with E-state index in [2.05, 4.69) is 15.7 Å². The van der Waals surface area contributed by atoms with Crippen molar-refractivity contribution in [2.75, 3.05) is 26.3 Å². The van der Waals surface area contributed by atoms with Crippen molar-refractivity contribution < 1.29 is 19.4 Å². The predicted molar refractivity (Wildman–Crippen MR) is 66.8 cm³/mol. The van der Waals surface area contributed by atoms with Gasteiger partial charge in [-0.15, -0.1) is 0 Å². The molecule has 1 heterocycles. The Morgan fingerprint density at radius 3 is 2.79 bits per heavy atom. The summed E-state index contributed by atoms with van der Waals surface area (Å²) >= 11 is 0. The molecule has 19 heavy (non-hydrogen) atoms. The number of aliphatic carboxylic acids is 1. The summed E-state index contributed by atoms with van der Waals surface area (Å²) in [4.78, 5) is 21.5. The van der Waals surface area contributed by atoms with Gasteiger partial charge in [0, 0.05) is 32.8 Å². The summed E-state index contributed by atoms with van der Waals surface area (Å²) in [6.45, 7) is 0.560. The van der Waals surface area contributed by atoms with Crippen molar-refractivity contribution in [1.29, 1.82) is 0 Å². The smallest absolute Gasteiger partial charge is 0.329 e. The van der Waals surface area contributed by atoms with Gasteiger partial charge in [-0.2, -0.15) is 5.10 Å². The van der Waals surface area contributed by atoms with Crippen LogP contribution in [0.1, 0.15) is 5.69 Å². The number of aryl methyl sites for hydroxylation is 1. The Bertz CT molecular complexity index is 419. The molecule has 0 atom stereocenters. The van der Waals surface area contributed by atoms with Crippen LogP contribution in [-0.4, -0.2) is 53.2 Å². The van der Waals surface area contributed by atoms with Gasteiger partial charge in [-0.3, -0.25) is 4.68 Å². The first-order chi connectivity index (χ1) is 9.08. The van der Waals surface area contributed by atoms with E-state index in [0.29, 0.717) is 13.0 Å². The number of nitrogens with one attached hydrogen (secondary N) is 2. The average molecular weight is 270 g/mol. The van der Waals surface area contributed by atoms with Gasteiger partial charge in [-0.25, -0.2) is 9.59 Å². The lowest BCUT2D eigenvalue weighted by Gasteiger charge is -2.06. The first-order valence-corrected chi connectivity index (χ1v) is 5.87. The van der Waals surface area contributed by atoms with Crippen LogP contribution in [0.25, 0.3) is 0 Å². The lowest BCUT2D eigenvalue weighted by atomic mass is 10.3. The number of hydrogen-bond acceptors (Lipinski definition) is 4. The molecule has 0 fully saturated rings. The minimum atomic E-state index is -1.03. The number of carboxylic acids is 1. The van der Waals surface area contributed by atoms with Crippen LogP contribution in [0.15, 0.2) is 12.3 Å². The molecule has 0 saturated heterocycles. The van der Waals surface area contributed by atoms with E-state index in [-0.39, 0.29) is 25.8 Å². The molecule has 2 amide bonds. The van der Waals surface area contributed by atoms with Gasteiger partial charge >= 0.3 is 12.0 Å². The van der Waals surface area contributed by atoms with Gasteiger partial charge in [0.15, 0.2) is 0 Å². The Kier molecular flexibility index (Phi) is 6.37. The molecule has 1 aromatic rings. The highest BCUT2D eigenvalue weighted by atomic mass is 16.5. The van der Waals surface area contributed by atoms with E-state index >= 15 is 0 Å². The number of hydrogen-bond donors (Lipinski definition) is 3. The van der Waals surface area contributed by atoms with E-state index in [0.717, 1.165) is 5.69 Å². The number of carbonyl (C=O) groups excluding carboxylic acids is 1. The molecule has 106 valence electrons. The molecule has 0 bridgehead atoms. The van der Waals surface area contributed by atoms with Crippen LogP contribution in [0.3, 0.4) is 0 Å². The van der Waals surface area contributed by atoms with Crippen molar-refractivity contribution in [3.63, 3.8) is 0 Å². The highest BCUT2D eigenvalue weighted by Crippen LogP contribution is 1.93. The summed E-state index contributed by atoms with van der Waals surface area (Å²) < 4.78 is 6.47. The van der Waals surface area contributed by atoms with Crippen LogP contribution in [0.5, 0.6) is 0 Å². The van der Waals surface area contributed by atoms with E-state index in [1.54, 1.807) is 4.68 Å². The van der Waals surface area contributed by atoms with Gasteiger partial charge in [0.25, 0.3) is 0 Å². The number of carbonyl (C=O) groups is 2. The summed E-state index contributed by atoms with van der Waals surface area (Å²) in [5.74, 6) is -1.03. The highest BCUT2D eigenvalue weighted by molar-refractivity contribution is 5.73. The fourth-order valence-electron chi connectivity index (χ4n) is 1.36. The maximum atomic E-state index is 11.3. The molecule has 1 rings (SSSR count). The zero-order valence-electron chi connectivity index (χ0n) is 10.8. The van der Waals surface area contributed by atoms with Crippen molar-refractivity contribution in [1.82, 2.24) is 20.4 Å². The third kappa shape index (κ3) is 7.04. The predicted octanol–water partition coefficient (Wildman–Crippen LogP) is -0.637. The van der Waals surface area contributed by atoms with E-state index in [4.69, 9.17) is 9.84 Å². The van der Waals surface area contributed by atoms with Crippen LogP contribution in [0, 0.1) is 0 Å². The van der Waals surface area contributed by atoms with Crippen LogP contribution < -0.4 is 10.6 Å². The molecular formula is C11H18N4O4. The number of nitrogens with zero attached hydrogens (tertiary/aromatic N) is 2. The van der Waals surface area contributed by atoms with Crippen LogP contribution in [0.4, 0.5) is 4.79 Å². The summed E-state index contributed by atoms with van der Waals surface area (Å²) in [6, 6.07) is 1.58. The molecule has 0 radical (unpaired) electrons. The Balaban J connectivity index is 2.00. The molecule has 0 unspecified atom stereocenters. The minimum absolute atomic E-state index is 0.167. The molecule has 1 aromatic heterocycles. The molecule has 0 aromatic carbocycles. The van der Waals surface area contributed by atoms with E-state index in [1.807, 2.05) is 19.3 Å². The molecule has 8 heteroatoms. The van der Waals surface area contributed by atoms with Crippen LogP contribution >= 0.6 is 0 Å². The maximum Gasteiger partial charge on any atom is 0.329 e. The maximum absolute atomic E-state index is 11.3. The van der Waals surface area contributed by atoms with Crippen molar-refractivity contribution in [2.24, 2.45) is 7.05 Å². The standard InChI is InChI=1S/C11H18N4O4/c1-15-6-3-9(14-15)2-4-12-11(18)13-5-7-19-8-10(16)17/h3,6H,2,4-5,7-8H2,1H3,(H,16,17)(H2,12,13,18). The fourth-order valence-corrected chi connectivity index (χ4v) is 1.36. The first kappa shape index (κ1) is 15.0.